The maximum atomic E-state index is 13.8. The molecule has 45 heavy (non-hydrogen) atoms. The lowest BCUT2D eigenvalue weighted by molar-refractivity contribution is -0.106. The molecule has 1 unspecified atom stereocenters. The molecule has 2 aliphatic carbocycles. The number of aryl methyl sites for hydroxylation is 2. The molecular weight excluding hydrogens is 662 g/mol. The molecule has 0 radical (unpaired) electrons. The fraction of sp³-hybridized carbons (Fsp3) is 0.500. The summed E-state index contributed by atoms with van der Waals surface area (Å²) in [5.41, 5.74) is 7.22. The Morgan fingerprint density at radius 2 is 1.22 bits per heavy atom. The van der Waals surface area contributed by atoms with Gasteiger partial charge in [-0.2, -0.15) is 26.3 Å². The van der Waals surface area contributed by atoms with Gasteiger partial charge >= 0.3 is 12.4 Å². The molecule has 2 saturated carbocycles. The predicted octanol–water partition coefficient (Wildman–Crippen LogP) is 8.85. The first-order valence-electron chi connectivity index (χ1n) is 12.4. The lowest BCUT2D eigenvalue weighted by atomic mass is 10.2. The first kappa shape index (κ1) is 40.2. The molecule has 1 atom stereocenters. The fourth-order valence-electron chi connectivity index (χ4n) is 3.43. The molecule has 0 aromatic heterocycles. The van der Waals surface area contributed by atoms with Crippen molar-refractivity contribution in [2.75, 3.05) is 11.5 Å². The quantitative estimate of drug-likeness (QED) is 0.125. The topological polar surface area (TPSA) is 93.8 Å². The first-order chi connectivity index (χ1) is 19.6. The molecule has 5 nitrogen and oxygen atoms in total. The van der Waals surface area contributed by atoms with E-state index in [9.17, 15) is 48.1 Å². The van der Waals surface area contributed by atoms with Crippen LogP contribution in [0.2, 0.25) is 0 Å². The zero-order valence-electron chi connectivity index (χ0n) is 22.6. The normalized spacial score (nSPS) is 17.7. The van der Waals surface area contributed by atoms with Gasteiger partial charge in [0.2, 0.25) is 0 Å². The minimum absolute atomic E-state index is 0. The van der Waals surface area contributed by atoms with Crippen molar-refractivity contribution < 1.29 is 48.1 Å². The van der Waals surface area contributed by atoms with Gasteiger partial charge < -0.3 is 11.5 Å². The van der Waals surface area contributed by atoms with E-state index in [0.717, 1.165) is 18.2 Å². The maximum Gasteiger partial charge on any atom is 0.400 e. The number of rotatable bonds is 8. The highest BCUT2D eigenvalue weighted by Crippen LogP contribution is 2.42. The highest BCUT2D eigenvalue weighted by molar-refractivity contribution is 7.99. The maximum absolute atomic E-state index is 13.8. The molecule has 4 N–H and O–H groups in total. The Morgan fingerprint density at radius 3 is 1.62 bits per heavy atom. The molecule has 2 fully saturated rings. The van der Waals surface area contributed by atoms with Crippen LogP contribution in [0.5, 0.6) is 0 Å². The van der Waals surface area contributed by atoms with Crippen molar-refractivity contribution in [1.29, 1.82) is 0 Å². The summed E-state index contributed by atoms with van der Waals surface area (Å²) < 4.78 is 140. The Morgan fingerprint density at radius 1 is 0.800 bits per heavy atom. The van der Waals surface area contributed by atoms with E-state index in [2.05, 4.69) is 9.98 Å². The molecule has 2 aliphatic rings. The monoisotopic (exact) mass is 696 g/mol. The van der Waals surface area contributed by atoms with Gasteiger partial charge in [0.1, 0.15) is 40.4 Å². The standard InChI is InChI=1S/C13H13F5N2OS.C13H13F5N2S.2CH4/c1-7-4-8(14)9(20-11(19)12(15)2-3-12)5-10(7)22(21)6-13(16,17)18;1-7-4-8(14)9(20-11(19)12(15)2-3-12)5-10(7)21-6-13(16,17)18;;/h4-5H,2-3,6H2,1H3,(H2,19,20);4-5H,2-3,6H2,1H3,(H2,19,20);2*1H4. The van der Waals surface area contributed by atoms with Crippen LogP contribution in [-0.2, 0) is 10.8 Å². The SMILES string of the molecule is C.C.Cc1cc(F)c(N=C(N)C2(F)CC2)cc1S(=O)CC(F)(F)F.Cc1cc(F)c(N=C(N)C2(F)CC2)cc1SCC(F)(F)F. The second kappa shape index (κ2) is 14.7. The van der Waals surface area contributed by atoms with Crippen LogP contribution in [0.25, 0.3) is 0 Å². The second-order valence-corrected chi connectivity index (χ2v) is 12.5. The van der Waals surface area contributed by atoms with Gasteiger partial charge in [-0.05, 0) is 74.9 Å². The fourth-order valence-corrected chi connectivity index (χ4v) is 5.35. The van der Waals surface area contributed by atoms with Gasteiger partial charge in [0.25, 0.3) is 0 Å². The number of amidine groups is 2. The number of hydrogen-bond acceptors (Lipinski definition) is 4. The number of nitrogens with zero attached hydrogens (tertiary/aromatic N) is 2. The van der Waals surface area contributed by atoms with Crippen molar-refractivity contribution in [1.82, 2.24) is 0 Å². The van der Waals surface area contributed by atoms with Gasteiger partial charge in [0.05, 0.1) is 16.6 Å². The third kappa shape index (κ3) is 11.5. The second-order valence-electron chi connectivity index (χ2n) is 10.1. The number of halogens is 10. The van der Waals surface area contributed by atoms with E-state index in [1.807, 2.05) is 0 Å². The van der Waals surface area contributed by atoms with Crippen molar-refractivity contribution >= 4 is 45.6 Å². The van der Waals surface area contributed by atoms with E-state index >= 15 is 0 Å². The summed E-state index contributed by atoms with van der Waals surface area (Å²) in [5, 5.41) is 0. The minimum Gasteiger partial charge on any atom is -0.384 e. The largest absolute Gasteiger partial charge is 0.400 e. The summed E-state index contributed by atoms with van der Waals surface area (Å²) in [6.45, 7) is 2.83. The van der Waals surface area contributed by atoms with Crippen LogP contribution in [0.15, 0.2) is 44.0 Å². The molecule has 0 bridgehead atoms. The summed E-state index contributed by atoms with van der Waals surface area (Å²) in [5.74, 6) is -5.01. The number of nitrogens with two attached hydrogens (primary N) is 2. The molecule has 254 valence electrons. The lowest BCUT2D eigenvalue weighted by Gasteiger charge is -2.11. The molecular formula is C28H34F10N4OS2. The summed E-state index contributed by atoms with van der Waals surface area (Å²) >= 11 is 0.532. The Hall–Kier alpha value is -2.82. The van der Waals surface area contributed by atoms with Crippen LogP contribution in [0.3, 0.4) is 0 Å². The Labute approximate surface area is 261 Å². The van der Waals surface area contributed by atoms with Crippen molar-refractivity contribution in [3.05, 3.63) is 47.0 Å². The third-order valence-corrected chi connectivity index (χ3v) is 8.94. The van der Waals surface area contributed by atoms with Crippen molar-refractivity contribution in [3.8, 4) is 0 Å². The smallest absolute Gasteiger partial charge is 0.384 e. The summed E-state index contributed by atoms with van der Waals surface area (Å²) in [6, 6.07) is 4.07. The van der Waals surface area contributed by atoms with Gasteiger partial charge in [0, 0.05) is 9.79 Å². The molecule has 0 aliphatic heterocycles. The molecule has 0 saturated heterocycles. The summed E-state index contributed by atoms with van der Waals surface area (Å²) in [6.07, 6.45) is -8.15. The van der Waals surface area contributed by atoms with Gasteiger partial charge in [-0.3, -0.25) is 4.21 Å². The highest BCUT2D eigenvalue weighted by atomic mass is 32.2. The Balaban J connectivity index is 0.000000431. The molecule has 17 heteroatoms. The van der Waals surface area contributed by atoms with Crippen LogP contribution >= 0.6 is 11.8 Å². The number of aliphatic imine (C=N–C) groups is 2. The predicted molar refractivity (Wildman–Crippen MR) is 159 cm³/mol. The highest BCUT2D eigenvalue weighted by Gasteiger charge is 2.48. The molecule has 0 heterocycles. The molecule has 2 aromatic carbocycles. The number of alkyl halides is 8. The number of benzene rings is 2. The van der Waals surface area contributed by atoms with Crippen LogP contribution in [0.1, 0.15) is 51.7 Å². The molecule has 0 spiro atoms. The van der Waals surface area contributed by atoms with Crippen LogP contribution in [0.4, 0.5) is 55.3 Å². The summed E-state index contributed by atoms with van der Waals surface area (Å²) in [4.78, 5) is 7.33. The van der Waals surface area contributed by atoms with E-state index in [1.54, 1.807) is 0 Å². The van der Waals surface area contributed by atoms with E-state index in [4.69, 9.17) is 11.5 Å². The minimum atomic E-state index is -4.62. The van der Waals surface area contributed by atoms with E-state index in [-0.39, 0.29) is 67.4 Å². The van der Waals surface area contributed by atoms with Gasteiger partial charge in [-0.15, -0.1) is 11.8 Å². The number of hydrogen-bond donors (Lipinski definition) is 2. The van der Waals surface area contributed by atoms with Crippen LogP contribution < -0.4 is 11.5 Å². The number of thioether (sulfide) groups is 1. The van der Waals surface area contributed by atoms with E-state index in [1.165, 1.54) is 19.9 Å². The Bertz CT molecular complexity index is 1450. The van der Waals surface area contributed by atoms with Crippen molar-refractivity contribution in [3.63, 3.8) is 0 Å². The lowest BCUT2D eigenvalue weighted by Crippen LogP contribution is -2.26. The first-order valence-corrected chi connectivity index (χ1v) is 14.7. The zero-order valence-corrected chi connectivity index (χ0v) is 24.2. The van der Waals surface area contributed by atoms with Gasteiger partial charge in [-0.25, -0.2) is 27.5 Å². The van der Waals surface area contributed by atoms with E-state index in [0.29, 0.717) is 17.3 Å². The van der Waals surface area contributed by atoms with E-state index < -0.39 is 69.2 Å². The van der Waals surface area contributed by atoms with Gasteiger partial charge in [-0.1, -0.05) is 14.9 Å². The third-order valence-electron chi connectivity index (χ3n) is 6.20. The molecule has 0 amide bonds. The van der Waals surface area contributed by atoms with Gasteiger partial charge in [0.15, 0.2) is 11.3 Å². The average Bonchev–Trinajstić information content (AvgIpc) is 3.79. The average molecular weight is 697 g/mol. The van der Waals surface area contributed by atoms with Crippen molar-refractivity contribution in [2.45, 2.75) is 87.9 Å². The molecule has 4 rings (SSSR count). The van der Waals surface area contributed by atoms with Crippen LogP contribution in [0, 0.1) is 25.5 Å². The molecule has 2 aromatic rings. The van der Waals surface area contributed by atoms with Crippen LogP contribution in [-0.4, -0.2) is 51.1 Å². The zero-order chi connectivity index (χ0) is 32.5. The Kier molecular flexibility index (Phi) is 13.2. The van der Waals surface area contributed by atoms with Crippen molar-refractivity contribution in [2.24, 2.45) is 21.5 Å². The summed E-state index contributed by atoms with van der Waals surface area (Å²) in [7, 11) is -2.40.